The molecule has 1 amide bonds. The summed E-state index contributed by atoms with van der Waals surface area (Å²) in [6.07, 6.45) is 1.78. The fourth-order valence-electron chi connectivity index (χ4n) is 2.74. The molecule has 3 aromatic rings. The summed E-state index contributed by atoms with van der Waals surface area (Å²) in [6.45, 7) is 3.81. The Morgan fingerprint density at radius 1 is 1.12 bits per heavy atom. The van der Waals surface area contributed by atoms with Crippen molar-refractivity contribution in [3.8, 4) is 16.3 Å². The molecule has 2 heterocycles. The summed E-state index contributed by atoms with van der Waals surface area (Å²) in [7, 11) is 0. The Kier molecular flexibility index (Phi) is 3.99. The zero-order valence-corrected chi connectivity index (χ0v) is 14.1. The van der Waals surface area contributed by atoms with E-state index < -0.39 is 11.9 Å². The van der Waals surface area contributed by atoms with Gasteiger partial charge in [-0.05, 0) is 43.7 Å². The zero-order valence-electron chi connectivity index (χ0n) is 13.2. The van der Waals surface area contributed by atoms with Crippen LogP contribution in [0.5, 0.6) is 0 Å². The molecule has 0 unspecified atom stereocenters. The molecule has 0 radical (unpaired) electrons. The molecule has 0 bridgehead atoms. The van der Waals surface area contributed by atoms with E-state index in [-0.39, 0.29) is 5.56 Å². The first-order chi connectivity index (χ1) is 11.4. The molecule has 122 valence electrons. The summed E-state index contributed by atoms with van der Waals surface area (Å²) in [5, 5.41) is 9.43. The number of carbonyl (C=O) groups excluding carboxylic acids is 1. The van der Waals surface area contributed by atoms with Crippen molar-refractivity contribution in [3.05, 3.63) is 64.2 Å². The summed E-state index contributed by atoms with van der Waals surface area (Å²) in [5.41, 5.74) is 8.41. The minimum absolute atomic E-state index is 0.195. The SMILES string of the molecule is Cc1sc(-c2cccn2-c2ccccc2C(=O)O)c(C(N)=O)c1C. The highest BCUT2D eigenvalue weighted by Gasteiger charge is 2.22. The number of thiophene rings is 1. The summed E-state index contributed by atoms with van der Waals surface area (Å²) in [5.74, 6) is -1.48. The van der Waals surface area contributed by atoms with Crippen molar-refractivity contribution in [3.63, 3.8) is 0 Å². The van der Waals surface area contributed by atoms with Crippen molar-refractivity contribution in [1.29, 1.82) is 0 Å². The molecule has 24 heavy (non-hydrogen) atoms. The van der Waals surface area contributed by atoms with Crippen LogP contribution in [0, 0.1) is 13.8 Å². The number of carboxylic acid groups (broad SMARTS) is 1. The molecule has 0 aliphatic rings. The molecule has 6 heteroatoms. The lowest BCUT2D eigenvalue weighted by molar-refractivity contribution is 0.0696. The van der Waals surface area contributed by atoms with Crippen molar-refractivity contribution >= 4 is 23.2 Å². The Labute approximate surface area is 143 Å². The quantitative estimate of drug-likeness (QED) is 0.760. The van der Waals surface area contributed by atoms with Gasteiger partial charge in [0.15, 0.2) is 0 Å². The maximum atomic E-state index is 11.9. The van der Waals surface area contributed by atoms with Gasteiger partial charge in [-0.1, -0.05) is 12.1 Å². The van der Waals surface area contributed by atoms with E-state index in [0.717, 1.165) is 21.0 Å². The van der Waals surface area contributed by atoms with Crippen LogP contribution in [0.15, 0.2) is 42.6 Å². The minimum Gasteiger partial charge on any atom is -0.478 e. The summed E-state index contributed by atoms with van der Waals surface area (Å²) >= 11 is 1.48. The highest BCUT2D eigenvalue weighted by atomic mass is 32.1. The third kappa shape index (κ3) is 2.51. The number of hydrogen-bond donors (Lipinski definition) is 2. The number of hydrogen-bond acceptors (Lipinski definition) is 3. The predicted octanol–water partition coefficient (Wildman–Crippen LogP) is 3.62. The number of nitrogens with zero attached hydrogens (tertiary/aromatic N) is 1. The van der Waals surface area contributed by atoms with Gasteiger partial charge in [-0.25, -0.2) is 4.79 Å². The summed E-state index contributed by atoms with van der Waals surface area (Å²) < 4.78 is 1.78. The lowest BCUT2D eigenvalue weighted by Gasteiger charge is -2.12. The van der Waals surface area contributed by atoms with E-state index in [2.05, 4.69) is 0 Å². The van der Waals surface area contributed by atoms with Gasteiger partial charge in [0.25, 0.3) is 5.91 Å². The van der Waals surface area contributed by atoms with Crippen LogP contribution in [0.4, 0.5) is 0 Å². The first-order valence-corrected chi connectivity index (χ1v) is 8.13. The highest BCUT2D eigenvalue weighted by molar-refractivity contribution is 7.16. The van der Waals surface area contributed by atoms with E-state index >= 15 is 0 Å². The van der Waals surface area contributed by atoms with Crippen molar-refractivity contribution < 1.29 is 14.7 Å². The molecular weight excluding hydrogens is 324 g/mol. The van der Waals surface area contributed by atoms with Gasteiger partial charge >= 0.3 is 5.97 Å². The molecular formula is C18H16N2O3S. The van der Waals surface area contributed by atoms with Gasteiger partial charge in [-0.3, -0.25) is 4.79 Å². The van der Waals surface area contributed by atoms with Gasteiger partial charge in [0.05, 0.1) is 27.4 Å². The monoisotopic (exact) mass is 340 g/mol. The third-order valence-electron chi connectivity index (χ3n) is 4.01. The average molecular weight is 340 g/mol. The number of rotatable bonds is 4. The Morgan fingerprint density at radius 2 is 1.83 bits per heavy atom. The van der Waals surface area contributed by atoms with Crippen LogP contribution in [-0.4, -0.2) is 21.6 Å². The molecule has 0 aliphatic heterocycles. The van der Waals surface area contributed by atoms with E-state index in [1.165, 1.54) is 11.3 Å². The molecule has 0 saturated carbocycles. The number of primary amides is 1. The molecule has 3 N–H and O–H groups in total. The first kappa shape index (κ1) is 16.0. The van der Waals surface area contributed by atoms with Gasteiger partial charge in [0.1, 0.15) is 0 Å². The number of para-hydroxylation sites is 1. The van der Waals surface area contributed by atoms with Crippen LogP contribution >= 0.6 is 11.3 Å². The second kappa shape index (κ2) is 5.98. The van der Waals surface area contributed by atoms with Crippen LogP contribution in [0.25, 0.3) is 16.3 Å². The number of aromatic carboxylic acids is 1. The standard InChI is InChI=1S/C18H16N2O3S/c1-10-11(2)24-16(15(10)17(19)21)14-8-5-9-20(14)13-7-4-3-6-12(13)18(22)23/h3-9H,1-2H3,(H2,19,21)(H,22,23). The average Bonchev–Trinajstić information content (AvgIpc) is 3.12. The number of aromatic nitrogens is 1. The Hall–Kier alpha value is -2.86. The Bertz CT molecular complexity index is 953. The predicted molar refractivity (Wildman–Crippen MR) is 94.0 cm³/mol. The zero-order chi connectivity index (χ0) is 17.4. The van der Waals surface area contributed by atoms with Gasteiger partial charge in [0, 0.05) is 11.1 Å². The van der Waals surface area contributed by atoms with Crippen LogP contribution < -0.4 is 5.73 Å². The summed E-state index contributed by atoms with van der Waals surface area (Å²) in [4.78, 5) is 25.2. The molecule has 0 atom stereocenters. The number of benzene rings is 1. The molecule has 0 spiro atoms. The van der Waals surface area contributed by atoms with Crippen molar-refractivity contribution in [2.75, 3.05) is 0 Å². The maximum absolute atomic E-state index is 11.9. The number of aryl methyl sites for hydroxylation is 1. The number of nitrogens with two attached hydrogens (primary N) is 1. The Morgan fingerprint density at radius 3 is 2.50 bits per heavy atom. The van der Waals surface area contributed by atoms with Gasteiger partial charge in [-0.15, -0.1) is 11.3 Å². The lowest BCUT2D eigenvalue weighted by atomic mass is 10.1. The third-order valence-corrected chi connectivity index (χ3v) is 5.24. The molecule has 0 aliphatic carbocycles. The normalized spacial score (nSPS) is 10.8. The molecule has 0 saturated heterocycles. The first-order valence-electron chi connectivity index (χ1n) is 7.32. The molecule has 0 fully saturated rings. The smallest absolute Gasteiger partial charge is 0.337 e. The second-order valence-electron chi connectivity index (χ2n) is 5.44. The second-order valence-corrected chi connectivity index (χ2v) is 6.66. The fourth-order valence-corrected chi connectivity index (χ4v) is 3.93. The van der Waals surface area contributed by atoms with E-state index in [1.807, 2.05) is 26.0 Å². The van der Waals surface area contributed by atoms with E-state index in [1.54, 1.807) is 35.0 Å². The number of amides is 1. The fraction of sp³-hybridized carbons (Fsp3) is 0.111. The van der Waals surface area contributed by atoms with E-state index in [9.17, 15) is 14.7 Å². The van der Waals surface area contributed by atoms with Gasteiger partial charge in [0.2, 0.25) is 0 Å². The lowest BCUT2D eigenvalue weighted by Crippen LogP contribution is -2.13. The molecule has 1 aromatic carbocycles. The largest absolute Gasteiger partial charge is 0.478 e. The maximum Gasteiger partial charge on any atom is 0.337 e. The Balaban J connectivity index is 2.26. The van der Waals surface area contributed by atoms with E-state index in [4.69, 9.17) is 5.73 Å². The van der Waals surface area contributed by atoms with Crippen molar-refractivity contribution in [1.82, 2.24) is 4.57 Å². The van der Waals surface area contributed by atoms with Gasteiger partial charge < -0.3 is 15.4 Å². The van der Waals surface area contributed by atoms with Gasteiger partial charge in [-0.2, -0.15) is 0 Å². The van der Waals surface area contributed by atoms with Crippen LogP contribution in [-0.2, 0) is 0 Å². The van der Waals surface area contributed by atoms with Crippen molar-refractivity contribution in [2.24, 2.45) is 5.73 Å². The molecule has 5 nitrogen and oxygen atoms in total. The van der Waals surface area contributed by atoms with Crippen LogP contribution in [0.2, 0.25) is 0 Å². The van der Waals surface area contributed by atoms with E-state index in [0.29, 0.717) is 11.3 Å². The molecule has 3 rings (SSSR count). The topological polar surface area (TPSA) is 85.3 Å². The van der Waals surface area contributed by atoms with Crippen LogP contribution in [0.1, 0.15) is 31.2 Å². The number of carbonyl (C=O) groups is 2. The minimum atomic E-state index is -1.00. The van der Waals surface area contributed by atoms with Crippen molar-refractivity contribution in [2.45, 2.75) is 13.8 Å². The van der Waals surface area contributed by atoms with Crippen LogP contribution in [0.3, 0.4) is 0 Å². The summed E-state index contributed by atoms with van der Waals surface area (Å²) in [6, 6.07) is 10.4. The highest BCUT2D eigenvalue weighted by Crippen LogP contribution is 2.37. The molecule has 2 aromatic heterocycles. The number of carboxylic acids is 1.